The highest BCUT2D eigenvalue weighted by Gasteiger charge is 2.16. The van der Waals surface area contributed by atoms with Gasteiger partial charge < -0.3 is 15.4 Å². The average molecular weight is 346 g/mol. The number of halogens is 1. The van der Waals surface area contributed by atoms with Crippen molar-refractivity contribution in [1.29, 1.82) is 0 Å². The van der Waals surface area contributed by atoms with Gasteiger partial charge in [0.1, 0.15) is 11.5 Å². The molecule has 1 saturated heterocycles. The molecule has 3 rings (SSSR count). The monoisotopic (exact) mass is 345 g/mol. The molecule has 1 atom stereocenters. The van der Waals surface area contributed by atoms with E-state index in [-0.39, 0.29) is 5.91 Å². The number of benzene rings is 1. The van der Waals surface area contributed by atoms with Crippen molar-refractivity contribution in [3.8, 4) is 11.5 Å². The standard InChI is InChI=1S/C18H20ClN3O2/c19-16-11-14(22-18(23)4-1-13-5-8-21-12-13)2-3-17(16)24-15-6-9-20-10-7-15/h2-3,6-7,9-11,13,21H,1,4-5,8,12H2,(H,22,23). The maximum atomic E-state index is 12.0. The zero-order chi connectivity index (χ0) is 16.8. The van der Waals surface area contributed by atoms with Crippen molar-refractivity contribution in [1.82, 2.24) is 10.3 Å². The molecule has 1 aromatic carbocycles. The predicted molar refractivity (Wildman–Crippen MR) is 94.6 cm³/mol. The van der Waals surface area contributed by atoms with E-state index in [1.54, 1.807) is 42.7 Å². The lowest BCUT2D eigenvalue weighted by atomic mass is 10.0. The number of hydrogen-bond acceptors (Lipinski definition) is 4. The Kier molecular flexibility index (Phi) is 5.67. The maximum Gasteiger partial charge on any atom is 0.224 e. The topological polar surface area (TPSA) is 63.2 Å². The minimum atomic E-state index is 0.0146. The number of rotatable bonds is 6. The average Bonchev–Trinajstić information content (AvgIpc) is 3.10. The van der Waals surface area contributed by atoms with Crippen molar-refractivity contribution in [2.75, 3.05) is 18.4 Å². The molecule has 6 heteroatoms. The van der Waals surface area contributed by atoms with Crippen LogP contribution in [-0.2, 0) is 4.79 Å². The van der Waals surface area contributed by atoms with E-state index >= 15 is 0 Å². The third-order valence-electron chi connectivity index (χ3n) is 4.04. The second-order valence-corrected chi connectivity index (χ2v) is 6.28. The molecule has 1 unspecified atom stereocenters. The van der Waals surface area contributed by atoms with Crippen LogP contribution in [0, 0.1) is 5.92 Å². The second kappa shape index (κ2) is 8.13. The van der Waals surface area contributed by atoms with E-state index in [0.717, 1.165) is 25.9 Å². The summed E-state index contributed by atoms with van der Waals surface area (Å²) in [5.74, 6) is 1.82. The molecule has 2 N–H and O–H groups in total. The SMILES string of the molecule is O=C(CCC1CCNC1)Nc1ccc(Oc2ccncc2)c(Cl)c1. The first-order chi connectivity index (χ1) is 11.7. The molecule has 1 aliphatic rings. The van der Waals surface area contributed by atoms with E-state index in [2.05, 4.69) is 15.6 Å². The Balaban J connectivity index is 1.54. The lowest BCUT2D eigenvalue weighted by Gasteiger charge is -2.11. The Labute approximate surface area is 146 Å². The van der Waals surface area contributed by atoms with Crippen LogP contribution in [0.4, 0.5) is 5.69 Å². The number of ether oxygens (including phenoxy) is 1. The number of pyridine rings is 1. The Hall–Kier alpha value is -2.11. The molecule has 5 nitrogen and oxygen atoms in total. The zero-order valence-corrected chi connectivity index (χ0v) is 14.1. The van der Waals surface area contributed by atoms with Gasteiger partial charge in [-0.3, -0.25) is 9.78 Å². The van der Waals surface area contributed by atoms with Crippen molar-refractivity contribution < 1.29 is 9.53 Å². The van der Waals surface area contributed by atoms with Crippen LogP contribution in [0.2, 0.25) is 5.02 Å². The molecule has 0 bridgehead atoms. The summed E-state index contributed by atoms with van der Waals surface area (Å²) in [7, 11) is 0. The lowest BCUT2D eigenvalue weighted by molar-refractivity contribution is -0.116. The van der Waals surface area contributed by atoms with Gasteiger partial charge in [-0.25, -0.2) is 0 Å². The number of nitrogens with one attached hydrogen (secondary N) is 2. The molecule has 0 radical (unpaired) electrons. The fourth-order valence-electron chi connectivity index (χ4n) is 2.71. The van der Waals surface area contributed by atoms with Crippen LogP contribution in [-0.4, -0.2) is 24.0 Å². The fraction of sp³-hybridized carbons (Fsp3) is 0.333. The number of nitrogens with zero attached hydrogens (tertiary/aromatic N) is 1. The maximum absolute atomic E-state index is 12.0. The Bertz CT molecular complexity index is 688. The van der Waals surface area contributed by atoms with E-state index in [1.165, 1.54) is 0 Å². The Morgan fingerprint density at radius 3 is 2.88 bits per heavy atom. The summed E-state index contributed by atoms with van der Waals surface area (Å²) in [5, 5.41) is 6.65. The molecule has 1 fully saturated rings. The molecule has 24 heavy (non-hydrogen) atoms. The summed E-state index contributed by atoms with van der Waals surface area (Å²) in [6, 6.07) is 8.75. The van der Waals surface area contributed by atoms with E-state index in [9.17, 15) is 4.79 Å². The summed E-state index contributed by atoms with van der Waals surface area (Å²) >= 11 is 6.24. The zero-order valence-electron chi connectivity index (χ0n) is 13.3. The van der Waals surface area contributed by atoms with Gasteiger partial charge in [-0.15, -0.1) is 0 Å². The Morgan fingerprint density at radius 1 is 1.33 bits per heavy atom. The minimum Gasteiger partial charge on any atom is -0.456 e. The van der Waals surface area contributed by atoms with Gasteiger partial charge in [-0.05, 0) is 62.2 Å². The van der Waals surface area contributed by atoms with Gasteiger partial charge in [0, 0.05) is 24.5 Å². The fourth-order valence-corrected chi connectivity index (χ4v) is 2.93. The van der Waals surface area contributed by atoms with Gasteiger partial charge in [0.15, 0.2) is 0 Å². The minimum absolute atomic E-state index is 0.0146. The third-order valence-corrected chi connectivity index (χ3v) is 4.33. The smallest absolute Gasteiger partial charge is 0.224 e. The van der Waals surface area contributed by atoms with Crippen LogP contribution in [0.25, 0.3) is 0 Å². The first kappa shape index (κ1) is 16.7. The summed E-state index contributed by atoms with van der Waals surface area (Å²) in [4.78, 5) is 16.0. The van der Waals surface area contributed by atoms with Crippen LogP contribution in [0.1, 0.15) is 19.3 Å². The number of hydrogen-bond donors (Lipinski definition) is 2. The molecular formula is C18H20ClN3O2. The van der Waals surface area contributed by atoms with Gasteiger partial charge in [0.05, 0.1) is 5.02 Å². The van der Waals surface area contributed by atoms with Crippen LogP contribution in [0.3, 0.4) is 0 Å². The van der Waals surface area contributed by atoms with Gasteiger partial charge in [-0.1, -0.05) is 11.6 Å². The van der Waals surface area contributed by atoms with Crippen molar-refractivity contribution in [2.45, 2.75) is 19.3 Å². The van der Waals surface area contributed by atoms with Crippen molar-refractivity contribution in [2.24, 2.45) is 5.92 Å². The summed E-state index contributed by atoms with van der Waals surface area (Å²) in [5.41, 5.74) is 0.677. The van der Waals surface area contributed by atoms with Crippen LogP contribution >= 0.6 is 11.6 Å². The molecule has 0 saturated carbocycles. The normalized spacial score (nSPS) is 16.8. The third kappa shape index (κ3) is 4.69. The number of carbonyl (C=O) groups is 1. The highest BCUT2D eigenvalue weighted by molar-refractivity contribution is 6.32. The highest BCUT2D eigenvalue weighted by atomic mass is 35.5. The van der Waals surface area contributed by atoms with E-state index in [0.29, 0.717) is 34.5 Å². The van der Waals surface area contributed by atoms with Crippen LogP contribution in [0.15, 0.2) is 42.7 Å². The molecule has 1 aromatic heterocycles. The van der Waals surface area contributed by atoms with Crippen molar-refractivity contribution in [3.05, 3.63) is 47.7 Å². The number of anilines is 1. The molecule has 1 aliphatic heterocycles. The van der Waals surface area contributed by atoms with Crippen LogP contribution in [0.5, 0.6) is 11.5 Å². The van der Waals surface area contributed by atoms with Gasteiger partial charge >= 0.3 is 0 Å². The van der Waals surface area contributed by atoms with Crippen LogP contribution < -0.4 is 15.4 Å². The van der Waals surface area contributed by atoms with Gasteiger partial charge in [-0.2, -0.15) is 0 Å². The number of carbonyl (C=O) groups excluding carboxylic acids is 1. The second-order valence-electron chi connectivity index (χ2n) is 5.88. The molecular weight excluding hydrogens is 326 g/mol. The van der Waals surface area contributed by atoms with Gasteiger partial charge in [0.25, 0.3) is 0 Å². The Morgan fingerprint density at radius 2 is 2.17 bits per heavy atom. The highest BCUT2D eigenvalue weighted by Crippen LogP contribution is 2.31. The van der Waals surface area contributed by atoms with E-state index < -0.39 is 0 Å². The van der Waals surface area contributed by atoms with Crippen molar-refractivity contribution in [3.63, 3.8) is 0 Å². The molecule has 2 heterocycles. The molecule has 126 valence electrons. The lowest BCUT2D eigenvalue weighted by Crippen LogP contribution is -2.15. The molecule has 1 amide bonds. The largest absolute Gasteiger partial charge is 0.456 e. The number of amides is 1. The van der Waals surface area contributed by atoms with E-state index in [1.807, 2.05) is 0 Å². The predicted octanol–water partition coefficient (Wildman–Crippen LogP) is 3.86. The van der Waals surface area contributed by atoms with Crippen molar-refractivity contribution >= 4 is 23.2 Å². The first-order valence-electron chi connectivity index (χ1n) is 8.09. The molecule has 0 spiro atoms. The molecule has 0 aliphatic carbocycles. The van der Waals surface area contributed by atoms with Gasteiger partial charge in [0.2, 0.25) is 5.91 Å². The number of aromatic nitrogens is 1. The summed E-state index contributed by atoms with van der Waals surface area (Å²) in [6.07, 6.45) is 5.89. The quantitative estimate of drug-likeness (QED) is 0.834. The summed E-state index contributed by atoms with van der Waals surface area (Å²) in [6.45, 7) is 2.07. The first-order valence-corrected chi connectivity index (χ1v) is 8.46. The summed E-state index contributed by atoms with van der Waals surface area (Å²) < 4.78 is 5.69. The molecule has 2 aromatic rings. The van der Waals surface area contributed by atoms with E-state index in [4.69, 9.17) is 16.3 Å².